The van der Waals surface area contributed by atoms with Crippen LogP contribution in [0.1, 0.15) is 52.9 Å². The van der Waals surface area contributed by atoms with Crippen LogP contribution in [0.3, 0.4) is 0 Å². The quantitative estimate of drug-likeness (QED) is 0.763. The Morgan fingerprint density at radius 2 is 2.00 bits per heavy atom. The van der Waals surface area contributed by atoms with Crippen molar-refractivity contribution in [1.29, 1.82) is 0 Å². The van der Waals surface area contributed by atoms with Gasteiger partial charge >= 0.3 is 0 Å². The minimum atomic E-state index is 0.347. The highest BCUT2D eigenvalue weighted by molar-refractivity contribution is 5.00. The maximum atomic E-state index is 8.87. The van der Waals surface area contributed by atoms with Crippen LogP contribution in [0.4, 0.5) is 0 Å². The second-order valence-corrected chi connectivity index (χ2v) is 7.22. The molecule has 1 saturated carbocycles. The summed E-state index contributed by atoms with van der Waals surface area (Å²) in [7, 11) is 0. The maximum absolute atomic E-state index is 8.87. The molecule has 2 atom stereocenters. The molecule has 0 spiro atoms. The van der Waals surface area contributed by atoms with Crippen molar-refractivity contribution in [3.05, 3.63) is 0 Å². The molecule has 2 fully saturated rings. The van der Waals surface area contributed by atoms with Gasteiger partial charge in [0.25, 0.3) is 0 Å². The van der Waals surface area contributed by atoms with Crippen LogP contribution in [0.25, 0.3) is 0 Å². The molecule has 2 heteroatoms. The molecule has 100 valence electrons. The van der Waals surface area contributed by atoms with Crippen molar-refractivity contribution >= 4 is 0 Å². The molecule has 1 heterocycles. The van der Waals surface area contributed by atoms with Gasteiger partial charge in [-0.05, 0) is 55.4 Å². The zero-order chi connectivity index (χ0) is 12.5. The molecule has 1 N–H and O–H groups in total. The summed E-state index contributed by atoms with van der Waals surface area (Å²) in [5, 5.41) is 8.87. The molecule has 2 rings (SSSR count). The van der Waals surface area contributed by atoms with Gasteiger partial charge in [-0.3, -0.25) is 0 Å². The van der Waals surface area contributed by atoms with Gasteiger partial charge in [-0.1, -0.05) is 20.8 Å². The van der Waals surface area contributed by atoms with Crippen molar-refractivity contribution < 1.29 is 5.11 Å². The summed E-state index contributed by atoms with van der Waals surface area (Å²) in [6.45, 7) is 11.5. The molecular formula is C15H29NO. The first-order valence-corrected chi connectivity index (χ1v) is 7.30. The van der Waals surface area contributed by atoms with Gasteiger partial charge in [0.2, 0.25) is 0 Å². The van der Waals surface area contributed by atoms with E-state index in [0.717, 1.165) is 18.8 Å². The smallest absolute Gasteiger partial charge is 0.0431 e. The lowest BCUT2D eigenvalue weighted by atomic mass is 9.54. The molecule has 0 aromatic rings. The number of hydrogen-bond donors (Lipinski definition) is 1. The molecule has 17 heavy (non-hydrogen) atoms. The number of nitrogens with zero attached hydrogens (tertiary/aromatic N) is 1. The van der Waals surface area contributed by atoms with Gasteiger partial charge in [0.1, 0.15) is 0 Å². The summed E-state index contributed by atoms with van der Waals surface area (Å²) in [5.74, 6) is 0.927. The fourth-order valence-corrected chi connectivity index (χ4v) is 3.86. The molecule has 0 amide bonds. The van der Waals surface area contributed by atoms with Crippen LogP contribution in [-0.4, -0.2) is 36.2 Å². The molecule has 2 nitrogen and oxygen atoms in total. The van der Waals surface area contributed by atoms with Crippen molar-refractivity contribution in [2.75, 3.05) is 26.2 Å². The van der Waals surface area contributed by atoms with Gasteiger partial charge in [-0.15, -0.1) is 0 Å². The summed E-state index contributed by atoms with van der Waals surface area (Å²) in [6.07, 6.45) is 6.36. The van der Waals surface area contributed by atoms with E-state index in [-0.39, 0.29) is 0 Å². The molecule has 2 aliphatic rings. The number of likely N-dealkylation sites (tertiary alicyclic amines) is 1. The molecule has 2 unspecified atom stereocenters. The van der Waals surface area contributed by atoms with Crippen molar-refractivity contribution in [2.24, 2.45) is 16.7 Å². The van der Waals surface area contributed by atoms with E-state index in [4.69, 9.17) is 5.11 Å². The summed E-state index contributed by atoms with van der Waals surface area (Å²) < 4.78 is 0. The van der Waals surface area contributed by atoms with Gasteiger partial charge < -0.3 is 10.0 Å². The summed E-state index contributed by atoms with van der Waals surface area (Å²) in [6, 6.07) is 0. The Labute approximate surface area is 106 Å². The van der Waals surface area contributed by atoms with E-state index in [2.05, 4.69) is 25.7 Å². The highest BCUT2D eigenvalue weighted by Crippen LogP contribution is 2.54. The van der Waals surface area contributed by atoms with Gasteiger partial charge in [-0.25, -0.2) is 0 Å². The number of aliphatic hydroxyl groups excluding tert-OH is 1. The fraction of sp³-hybridized carbons (Fsp3) is 1.00. The van der Waals surface area contributed by atoms with E-state index in [9.17, 15) is 0 Å². The minimum Gasteiger partial charge on any atom is -0.396 e. The van der Waals surface area contributed by atoms with E-state index in [0.29, 0.717) is 17.4 Å². The summed E-state index contributed by atoms with van der Waals surface area (Å²) in [5.41, 5.74) is 1.01. The zero-order valence-electron chi connectivity index (χ0n) is 11.8. The van der Waals surface area contributed by atoms with Crippen LogP contribution in [0, 0.1) is 16.7 Å². The van der Waals surface area contributed by atoms with Gasteiger partial charge in [-0.2, -0.15) is 0 Å². The van der Waals surface area contributed by atoms with Crippen molar-refractivity contribution in [1.82, 2.24) is 4.90 Å². The first-order chi connectivity index (χ1) is 7.97. The predicted molar refractivity (Wildman–Crippen MR) is 72.0 cm³/mol. The molecular weight excluding hydrogens is 210 g/mol. The fourth-order valence-electron chi connectivity index (χ4n) is 3.86. The summed E-state index contributed by atoms with van der Waals surface area (Å²) >= 11 is 0. The van der Waals surface area contributed by atoms with Crippen LogP contribution >= 0.6 is 0 Å². The van der Waals surface area contributed by atoms with Crippen LogP contribution < -0.4 is 0 Å². The lowest BCUT2D eigenvalue weighted by Gasteiger charge is -2.57. The summed E-state index contributed by atoms with van der Waals surface area (Å²) in [4.78, 5) is 2.66. The topological polar surface area (TPSA) is 23.5 Å². The first-order valence-electron chi connectivity index (χ1n) is 7.30. The van der Waals surface area contributed by atoms with Crippen LogP contribution in [-0.2, 0) is 0 Å². The average molecular weight is 239 g/mol. The Bertz CT molecular complexity index is 264. The third-order valence-corrected chi connectivity index (χ3v) is 5.52. The van der Waals surface area contributed by atoms with Crippen molar-refractivity contribution in [3.8, 4) is 0 Å². The van der Waals surface area contributed by atoms with E-state index >= 15 is 0 Å². The molecule has 0 aromatic heterocycles. The number of fused-ring (bicyclic) bond motifs is 2. The Kier molecular flexibility index (Phi) is 3.84. The zero-order valence-corrected chi connectivity index (χ0v) is 11.8. The molecule has 0 aromatic carbocycles. The monoisotopic (exact) mass is 239 g/mol. The highest BCUT2D eigenvalue weighted by Gasteiger charge is 2.49. The van der Waals surface area contributed by atoms with Crippen molar-refractivity contribution in [2.45, 2.75) is 52.9 Å². The maximum Gasteiger partial charge on any atom is 0.0431 e. The minimum absolute atomic E-state index is 0.347. The third kappa shape index (κ3) is 2.68. The Hall–Kier alpha value is -0.0800. The average Bonchev–Trinajstić information content (AvgIpc) is 2.25. The number of hydrogen-bond acceptors (Lipinski definition) is 2. The molecule has 1 saturated heterocycles. The van der Waals surface area contributed by atoms with Crippen LogP contribution in [0.5, 0.6) is 0 Å². The van der Waals surface area contributed by atoms with Gasteiger partial charge in [0.05, 0.1) is 0 Å². The highest BCUT2D eigenvalue weighted by atomic mass is 16.2. The van der Waals surface area contributed by atoms with E-state index in [1.807, 2.05) is 0 Å². The van der Waals surface area contributed by atoms with E-state index in [1.54, 1.807) is 0 Å². The van der Waals surface area contributed by atoms with E-state index in [1.165, 1.54) is 38.9 Å². The third-order valence-electron chi connectivity index (χ3n) is 5.52. The van der Waals surface area contributed by atoms with Gasteiger partial charge in [0, 0.05) is 19.7 Å². The van der Waals surface area contributed by atoms with Crippen molar-refractivity contribution in [3.63, 3.8) is 0 Å². The lowest BCUT2D eigenvalue weighted by molar-refractivity contribution is -0.0702. The normalized spacial score (nSPS) is 37.1. The second kappa shape index (κ2) is 4.89. The first kappa shape index (κ1) is 13.4. The number of rotatable bonds is 4. The Balaban J connectivity index is 1.96. The molecule has 1 aliphatic carbocycles. The SMILES string of the molecule is CC1(C)CCC2CN(CCCCO)CC1(C)C2. The van der Waals surface area contributed by atoms with Crippen LogP contribution in [0.15, 0.2) is 0 Å². The largest absolute Gasteiger partial charge is 0.396 e. The molecule has 2 bridgehead atoms. The lowest BCUT2D eigenvalue weighted by Crippen LogP contribution is -2.55. The van der Waals surface area contributed by atoms with E-state index < -0.39 is 0 Å². The Morgan fingerprint density at radius 3 is 2.71 bits per heavy atom. The number of unbranched alkanes of at least 4 members (excludes halogenated alkanes) is 1. The number of piperidine rings is 1. The molecule has 1 aliphatic heterocycles. The Morgan fingerprint density at radius 1 is 1.24 bits per heavy atom. The molecule has 0 radical (unpaired) electrons. The van der Waals surface area contributed by atoms with Crippen LogP contribution in [0.2, 0.25) is 0 Å². The number of aliphatic hydroxyl groups is 1. The second-order valence-electron chi connectivity index (χ2n) is 7.22. The van der Waals surface area contributed by atoms with Gasteiger partial charge in [0.15, 0.2) is 0 Å². The predicted octanol–water partition coefficient (Wildman–Crippen LogP) is 2.91. The standard InChI is InChI=1S/C15H29NO/c1-14(2)7-6-13-10-15(14,3)12-16(11-13)8-4-5-9-17/h13,17H,4-12H2,1-3H3.